The van der Waals surface area contributed by atoms with Crippen LogP contribution in [0.1, 0.15) is 10.4 Å². The van der Waals surface area contributed by atoms with Gasteiger partial charge in [0, 0.05) is 10.4 Å². The van der Waals surface area contributed by atoms with Crippen LogP contribution in [0.25, 0.3) is 32.0 Å². The summed E-state index contributed by atoms with van der Waals surface area (Å²) in [6, 6.07) is 18.2. The lowest BCUT2D eigenvalue weighted by Gasteiger charge is -2.04. The van der Waals surface area contributed by atoms with Crippen molar-refractivity contribution in [2.75, 3.05) is 0 Å². The van der Waals surface area contributed by atoms with Gasteiger partial charge in [-0.1, -0.05) is 59.2 Å². The van der Waals surface area contributed by atoms with E-state index >= 15 is 0 Å². The quantitative estimate of drug-likeness (QED) is 0.219. The standard InChI is InChI=1S/C24H13ClN2O3S/c1-2-11-27-19-9-8-15(25)12-21(19)31-24(27)26-22(28)18-13-17-16-6-4-3-5-14(16)7-10-20(17)30-23(18)29/h1,3-10,12-13H,11H2. The fraction of sp³-hybridized carbons (Fsp3) is 0.0417. The third-order valence-corrected chi connectivity index (χ3v) is 6.24. The monoisotopic (exact) mass is 444 g/mol. The normalized spacial score (nSPS) is 11.9. The van der Waals surface area contributed by atoms with Crippen molar-refractivity contribution in [3.8, 4) is 12.3 Å². The minimum atomic E-state index is -0.732. The topological polar surface area (TPSA) is 64.6 Å². The summed E-state index contributed by atoms with van der Waals surface area (Å²) < 4.78 is 8.00. The molecule has 0 aliphatic heterocycles. The van der Waals surface area contributed by atoms with E-state index in [1.54, 1.807) is 28.8 Å². The van der Waals surface area contributed by atoms with Gasteiger partial charge >= 0.3 is 5.63 Å². The van der Waals surface area contributed by atoms with Crippen LogP contribution in [0.4, 0.5) is 0 Å². The summed E-state index contributed by atoms with van der Waals surface area (Å²) in [5, 5.41) is 3.11. The number of hydrogen-bond acceptors (Lipinski definition) is 4. The van der Waals surface area contributed by atoms with Crippen molar-refractivity contribution in [2.45, 2.75) is 6.54 Å². The van der Waals surface area contributed by atoms with E-state index in [2.05, 4.69) is 10.9 Å². The average Bonchev–Trinajstić information content (AvgIpc) is 3.09. The second kappa shape index (κ2) is 7.55. The first-order valence-electron chi connectivity index (χ1n) is 9.32. The molecule has 1 amide bonds. The molecule has 5 nitrogen and oxygen atoms in total. The first kappa shape index (κ1) is 19.3. The van der Waals surface area contributed by atoms with Crippen molar-refractivity contribution in [3.63, 3.8) is 0 Å². The lowest BCUT2D eigenvalue weighted by atomic mass is 10.0. The zero-order valence-corrected chi connectivity index (χ0v) is 17.5. The smallest absolute Gasteiger partial charge is 0.349 e. The van der Waals surface area contributed by atoms with E-state index < -0.39 is 11.5 Å². The molecule has 0 aliphatic carbocycles. The van der Waals surface area contributed by atoms with Crippen LogP contribution in [0.2, 0.25) is 5.02 Å². The average molecular weight is 445 g/mol. The molecule has 0 N–H and O–H groups in total. The molecule has 2 heterocycles. The highest BCUT2D eigenvalue weighted by molar-refractivity contribution is 7.16. The van der Waals surface area contributed by atoms with Crippen LogP contribution in [0.15, 0.2) is 74.9 Å². The van der Waals surface area contributed by atoms with E-state index in [0.717, 1.165) is 21.0 Å². The van der Waals surface area contributed by atoms with Gasteiger partial charge in [0.05, 0.1) is 16.8 Å². The molecule has 0 aliphatic rings. The number of aromatic nitrogens is 1. The van der Waals surface area contributed by atoms with Crippen LogP contribution in [-0.4, -0.2) is 10.5 Å². The Balaban J connectivity index is 1.72. The number of terminal acetylenes is 1. The summed E-state index contributed by atoms with van der Waals surface area (Å²) in [4.78, 5) is 30.1. The van der Waals surface area contributed by atoms with Crippen molar-refractivity contribution >= 4 is 60.8 Å². The first-order chi connectivity index (χ1) is 15.0. The second-order valence-corrected chi connectivity index (χ2v) is 8.30. The third-order valence-electron chi connectivity index (χ3n) is 4.96. The van der Waals surface area contributed by atoms with Gasteiger partial charge in [-0.05, 0) is 41.1 Å². The molecule has 2 aromatic heterocycles. The van der Waals surface area contributed by atoms with Gasteiger partial charge in [0.1, 0.15) is 11.1 Å². The molecule has 7 heteroatoms. The maximum absolute atomic E-state index is 13.0. The number of rotatable bonds is 2. The number of thiazole rings is 1. The number of carbonyl (C=O) groups excluding carboxylic acids is 1. The van der Waals surface area contributed by atoms with Gasteiger partial charge in [-0.25, -0.2) is 4.79 Å². The summed E-state index contributed by atoms with van der Waals surface area (Å²) in [6.45, 7) is 0.227. The van der Waals surface area contributed by atoms with Gasteiger partial charge in [-0.2, -0.15) is 4.99 Å². The molecule has 0 saturated carbocycles. The Labute approximate surface area is 184 Å². The van der Waals surface area contributed by atoms with Crippen molar-refractivity contribution in [1.82, 2.24) is 4.57 Å². The minimum Gasteiger partial charge on any atom is -0.422 e. The highest BCUT2D eigenvalue weighted by Crippen LogP contribution is 2.25. The zero-order chi connectivity index (χ0) is 21.5. The number of hydrogen-bond donors (Lipinski definition) is 0. The van der Waals surface area contributed by atoms with Crippen LogP contribution < -0.4 is 10.4 Å². The van der Waals surface area contributed by atoms with Crippen molar-refractivity contribution in [3.05, 3.63) is 86.5 Å². The number of amides is 1. The second-order valence-electron chi connectivity index (χ2n) is 6.85. The van der Waals surface area contributed by atoms with Gasteiger partial charge in [-0.3, -0.25) is 4.79 Å². The molecule has 0 unspecified atom stereocenters. The summed E-state index contributed by atoms with van der Waals surface area (Å²) in [6.07, 6.45) is 5.51. The van der Waals surface area contributed by atoms with Gasteiger partial charge in [-0.15, -0.1) is 6.42 Å². The Bertz CT molecular complexity index is 1690. The largest absolute Gasteiger partial charge is 0.422 e. The molecule has 150 valence electrons. The molecular formula is C24H13ClN2O3S. The molecule has 5 aromatic rings. The Morgan fingerprint density at radius 1 is 1.13 bits per heavy atom. The van der Waals surface area contributed by atoms with Gasteiger partial charge in [0.25, 0.3) is 5.91 Å². The lowest BCUT2D eigenvalue weighted by Crippen LogP contribution is -2.19. The highest BCUT2D eigenvalue weighted by atomic mass is 35.5. The molecule has 0 radical (unpaired) electrons. The van der Waals surface area contributed by atoms with Gasteiger partial charge in [0.2, 0.25) is 0 Å². The Hall–Kier alpha value is -3.66. The number of nitrogens with zero attached hydrogens (tertiary/aromatic N) is 2. The molecule has 3 aromatic carbocycles. The van der Waals surface area contributed by atoms with Gasteiger partial charge in [0.15, 0.2) is 4.80 Å². The number of fused-ring (bicyclic) bond motifs is 4. The molecule has 0 saturated heterocycles. The van der Waals surface area contributed by atoms with Crippen LogP contribution in [0.3, 0.4) is 0 Å². The zero-order valence-electron chi connectivity index (χ0n) is 16.0. The Morgan fingerprint density at radius 2 is 1.97 bits per heavy atom. The van der Waals surface area contributed by atoms with Crippen LogP contribution in [0, 0.1) is 12.3 Å². The molecule has 0 spiro atoms. The summed E-state index contributed by atoms with van der Waals surface area (Å²) in [5.41, 5.74) is 0.366. The van der Waals surface area contributed by atoms with E-state index in [4.69, 9.17) is 22.4 Å². The first-order valence-corrected chi connectivity index (χ1v) is 10.5. The number of halogens is 1. The van der Waals surface area contributed by atoms with Gasteiger partial charge < -0.3 is 8.98 Å². The fourth-order valence-electron chi connectivity index (χ4n) is 3.54. The van der Waals surface area contributed by atoms with Crippen LogP contribution in [0.5, 0.6) is 0 Å². The Morgan fingerprint density at radius 3 is 2.81 bits per heavy atom. The maximum Gasteiger partial charge on any atom is 0.349 e. The van der Waals surface area contributed by atoms with E-state index in [-0.39, 0.29) is 12.1 Å². The van der Waals surface area contributed by atoms with Crippen LogP contribution >= 0.6 is 22.9 Å². The maximum atomic E-state index is 13.0. The summed E-state index contributed by atoms with van der Waals surface area (Å²) in [5.74, 6) is 1.88. The molecule has 0 fully saturated rings. The van der Waals surface area contributed by atoms with E-state index in [1.165, 1.54) is 11.3 Å². The predicted molar refractivity (Wildman–Crippen MR) is 124 cm³/mol. The summed E-state index contributed by atoms with van der Waals surface area (Å²) >= 11 is 7.36. The molecule has 0 bridgehead atoms. The number of benzene rings is 3. The molecule has 0 atom stereocenters. The van der Waals surface area contributed by atoms with E-state index in [0.29, 0.717) is 20.8 Å². The van der Waals surface area contributed by atoms with Crippen molar-refractivity contribution < 1.29 is 9.21 Å². The van der Waals surface area contributed by atoms with Crippen LogP contribution in [-0.2, 0) is 6.54 Å². The molecule has 5 rings (SSSR count). The Kier molecular flexibility index (Phi) is 4.70. The lowest BCUT2D eigenvalue weighted by molar-refractivity contribution is 0.0994. The predicted octanol–water partition coefficient (Wildman–Crippen LogP) is 4.99. The van der Waals surface area contributed by atoms with Crippen molar-refractivity contribution in [2.24, 2.45) is 4.99 Å². The van der Waals surface area contributed by atoms with E-state index in [9.17, 15) is 9.59 Å². The minimum absolute atomic E-state index is 0.133. The molecule has 31 heavy (non-hydrogen) atoms. The fourth-order valence-corrected chi connectivity index (χ4v) is 4.85. The highest BCUT2D eigenvalue weighted by Gasteiger charge is 2.16. The van der Waals surface area contributed by atoms with Crippen molar-refractivity contribution in [1.29, 1.82) is 0 Å². The van der Waals surface area contributed by atoms with E-state index in [1.807, 2.05) is 36.4 Å². The summed E-state index contributed by atoms with van der Waals surface area (Å²) in [7, 11) is 0. The third kappa shape index (κ3) is 3.34. The molecular weight excluding hydrogens is 432 g/mol. The number of carbonyl (C=O) groups is 1. The SMILES string of the molecule is C#CCn1c(=NC(=O)c2cc3c(ccc4ccccc43)oc2=O)sc2cc(Cl)ccc21.